The van der Waals surface area contributed by atoms with Crippen LogP contribution >= 0.6 is 0 Å². The van der Waals surface area contributed by atoms with Gasteiger partial charge in [-0.3, -0.25) is 4.90 Å². The van der Waals surface area contributed by atoms with Crippen molar-refractivity contribution in [3.8, 4) is 5.75 Å². The molecular weight excluding hydrogens is 305 g/mol. The highest BCUT2D eigenvalue weighted by molar-refractivity contribution is 5.58. The van der Waals surface area contributed by atoms with E-state index < -0.39 is 0 Å². The van der Waals surface area contributed by atoms with Gasteiger partial charge in [-0.05, 0) is 57.6 Å². The third-order valence-electron chi connectivity index (χ3n) is 5.25. The van der Waals surface area contributed by atoms with E-state index in [9.17, 15) is 4.39 Å². The topological polar surface area (TPSA) is 19.0 Å². The molecule has 0 saturated carbocycles. The van der Waals surface area contributed by atoms with E-state index in [0.717, 1.165) is 31.9 Å². The molecule has 2 fully saturated rings. The highest BCUT2D eigenvalue weighted by Crippen LogP contribution is 2.29. The lowest BCUT2D eigenvalue weighted by Crippen LogP contribution is -2.47. The van der Waals surface area contributed by atoms with Crippen molar-refractivity contribution in [2.45, 2.75) is 25.7 Å². The summed E-state index contributed by atoms with van der Waals surface area (Å²) in [5, 5.41) is 0. The van der Waals surface area contributed by atoms with Crippen molar-refractivity contribution in [3.05, 3.63) is 24.0 Å². The van der Waals surface area contributed by atoms with Crippen molar-refractivity contribution < 1.29 is 9.13 Å². The number of hydrogen-bond acceptors (Lipinski definition) is 4. The monoisotopic (exact) mass is 335 g/mol. The molecule has 2 saturated heterocycles. The van der Waals surface area contributed by atoms with Crippen LogP contribution in [0.15, 0.2) is 18.2 Å². The van der Waals surface area contributed by atoms with Gasteiger partial charge >= 0.3 is 0 Å². The number of benzene rings is 1. The lowest BCUT2D eigenvalue weighted by molar-refractivity contribution is 0.198. The third-order valence-corrected chi connectivity index (χ3v) is 5.25. The second-order valence-corrected chi connectivity index (χ2v) is 6.90. The van der Waals surface area contributed by atoms with E-state index in [4.69, 9.17) is 4.74 Å². The van der Waals surface area contributed by atoms with Crippen molar-refractivity contribution in [1.82, 2.24) is 9.80 Å². The van der Waals surface area contributed by atoms with Gasteiger partial charge in [-0.25, -0.2) is 4.39 Å². The minimum absolute atomic E-state index is 0.244. The maximum absolute atomic E-state index is 13.3. The van der Waals surface area contributed by atoms with E-state index in [2.05, 4.69) is 14.7 Å². The Morgan fingerprint density at radius 2 is 1.58 bits per heavy atom. The predicted molar refractivity (Wildman–Crippen MR) is 96.5 cm³/mol. The Morgan fingerprint density at radius 1 is 0.917 bits per heavy atom. The summed E-state index contributed by atoms with van der Waals surface area (Å²) >= 11 is 0. The van der Waals surface area contributed by atoms with E-state index in [-0.39, 0.29) is 5.82 Å². The van der Waals surface area contributed by atoms with Gasteiger partial charge in [0.15, 0.2) is 0 Å². The maximum Gasteiger partial charge on any atom is 0.145 e. The number of methoxy groups -OCH3 is 1. The van der Waals surface area contributed by atoms with Crippen molar-refractivity contribution in [2.24, 2.45) is 0 Å². The van der Waals surface area contributed by atoms with Gasteiger partial charge in [-0.15, -0.1) is 0 Å². The van der Waals surface area contributed by atoms with Crippen molar-refractivity contribution in [1.29, 1.82) is 0 Å². The first-order valence-corrected chi connectivity index (χ1v) is 9.29. The second-order valence-electron chi connectivity index (χ2n) is 6.90. The summed E-state index contributed by atoms with van der Waals surface area (Å²) in [4.78, 5) is 7.47. The first-order chi connectivity index (χ1) is 11.8. The maximum atomic E-state index is 13.3. The van der Waals surface area contributed by atoms with Crippen molar-refractivity contribution >= 4 is 5.69 Å². The molecule has 0 aromatic heterocycles. The molecule has 2 aliphatic heterocycles. The first kappa shape index (κ1) is 17.5. The van der Waals surface area contributed by atoms with Crippen LogP contribution in [-0.2, 0) is 0 Å². The average molecular weight is 335 g/mol. The third kappa shape index (κ3) is 4.61. The largest absolute Gasteiger partial charge is 0.494 e. The second kappa shape index (κ2) is 8.67. The SMILES string of the molecule is COc1cc(F)ccc1N1CCN(CCCN2CCCCC2)CC1. The molecule has 3 rings (SSSR count). The normalized spacial score (nSPS) is 20.3. The van der Waals surface area contributed by atoms with Crippen LogP contribution in [0.25, 0.3) is 0 Å². The Morgan fingerprint density at radius 3 is 2.25 bits per heavy atom. The molecule has 0 unspecified atom stereocenters. The number of ether oxygens (including phenoxy) is 1. The van der Waals surface area contributed by atoms with E-state index >= 15 is 0 Å². The lowest BCUT2D eigenvalue weighted by Gasteiger charge is -2.37. The summed E-state index contributed by atoms with van der Waals surface area (Å²) in [6.07, 6.45) is 5.42. The number of hydrogen-bond donors (Lipinski definition) is 0. The Hall–Kier alpha value is -1.33. The molecule has 134 valence electrons. The predicted octanol–water partition coefficient (Wildman–Crippen LogP) is 2.83. The Balaban J connectivity index is 1.42. The summed E-state index contributed by atoms with van der Waals surface area (Å²) < 4.78 is 18.7. The van der Waals surface area contributed by atoms with Crippen molar-refractivity contribution in [3.63, 3.8) is 0 Å². The zero-order valence-electron chi connectivity index (χ0n) is 14.8. The van der Waals surface area contributed by atoms with Gasteiger partial charge in [0.05, 0.1) is 12.8 Å². The highest BCUT2D eigenvalue weighted by Gasteiger charge is 2.20. The molecule has 0 aliphatic carbocycles. The van der Waals surface area contributed by atoms with Gasteiger partial charge in [-0.2, -0.15) is 0 Å². The zero-order valence-corrected chi connectivity index (χ0v) is 14.8. The quantitative estimate of drug-likeness (QED) is 0.796. The Kier molecular flexibility index (Phi) is 6.32. The number of piperidine rings is 1. The van der Waals surface area contributed by atoms with Crippen LogP contribution in [0.1, 0.15) is 25.7 Å². The molecule has 24 heavy (non-hydrogen) atoms. The van der Waals surface area contributed by atoms with Gasteiger partial charge in [-0.1, -0.05) is 6.42 Å². The van der Waals surface area contributed by atoms with Crippen LogP contribution < -0.4 is 9.64 Å². The molecule has 1 aromatic carbocycles. The Labute approximate surface area is 145 Å². The molecular formula is C19H30FN3O. The molecule has 0 atom stereocenters. The summed E-state index contributed by atoms with van der Waals surface area (Å²) in [6.45, 7) is 9.10. The fraction of sp³-hybridized carbons (Fsp3) is 0.684. The Bertz CT molecular complexity index is 511. The van der Waals surface area contributed by atoms with Gasteiger partial charge in [0.1, 0.15) is 11.6 Å². The van der Waals surface area contributed by atoms with E-state index in [1.165, 1.54) is 64.0 Å². The van der Waals surface area contributed by atoms with E-state index in [1.807, 2.05) is 6.07 Å². The summed E-state index contributed by atoms with van der Waals surface area (Å²) in [5.74, 6) is 0.389. The van der Waals surface area contributed by atoms with Gasteiger partial charge in [0.25, 0.3) is 0 Å². The molecule has 2 heterocycles. The minimum atomic E-state index is -0.244. The fourth-order valence-corrected chi connectivity index (χ4v) is 3.83. The lowest BCUT2D eigenvalue weighted by atomic mass is 10.1. The van der Waals surface area contributed by atoms with Crippen LogP contribution in [0.3, 0.4) is 0 Å². The molecule has 0 amide bonds. The fourth-order valence-electron chi connectivity index (χ4n) is 3.83. The van der Waals surface area contributed by atoms with E-state index in [1.54, 1.807) is 7.11 Å². The molecule has 0 radical (unpaired) electrons. The molecule has 0 N–H and O–H groups in total. The smallest absolute Gasteiger partial charge is 0.145 e. The molecule has 0 bridgehead atoms. The van der Waals surface area contributed by atoms with Crippen LogP contribution in [0, 0.1) is 5.82 Å². The molecule has 5 heteroatoms. The van der Waals surface area contributed by atoms with Gasteiger partial charge in [0, 0.05) is 32.2 Å². The van der Waals surface area contributed by atoms with Crippen LogP contribution in [0.2, 0.25) is 0 Å². The molecule has 1 aromatic rings. The standard InChI is InChI=1S/C19H30FN3O/c1-24-19-16-17(20)6-7-18(19)23-14-12-22(13-15-23)11-5-10-21-8-3-2-4-9-21/h6-7,16H,2-5,8-15H2,1H3. The first-order valence-electron chi connectivity index (χ1n) is 9.29. The van der Waals surface area contributed by atoms with Crippen molar-refractivity contribution in [2.75, 3.05) is 64.4 Å². The minimum Gasteiger partial charge on any atom is -0.494 e. The van der Waals surface area contributed by atoms with Gasteiger partial charge < -0.3 is 14.5 Å². The van der Waals surface area contributed by atoms with Crippen LogP contribution in [-0.4, -0.2) is 69.3 Å². The molecule has 4 nitrogen and oxygen atoms in total. The number of halogens is 1. The molecule has 0 spiro atoms. The number of anilines is 1. The average Bonchev–Trinajstić information content (AvgIpc) is 2.63. The molecule has 2 aliphatic rings. The zero-order chi connectivity index (χ0) is 16.8. The summed E-state index contributed by atoms with van der Waals surface area (Å²) in [7, 11) is 1.61. The van der Waals surface area contributed by atoms with Crippen LogP contribution in [0.5, 0.6) is 5.75 Å². The van der Waals surface area contributed by atoms with Gasteiger partial charge in [0.2, 0.25) is 0 Å². The number of nitrogens with zero attached hydrogens (tertiary/aromatic N) is 3. The van der Waals surface area contributed by atoms with E-state index in [0.29, 0.717) is 5.75 Å². The number of piperazine rings is 1. The highest BCUT2D eigenvalue weighted by atomic mass is 19.1. The summed E-state index contributed by atoms with van der Waals surface area (Å²) in [5.41, 5.74) is 1.01. The summed E-state index contributed by atoms with van der Waals surface area (Å²) in [6, 6.07) is 4.82. The number of rotatable bonds is 6. The number of likely N-dealkylation sites (tertiary alicyclic amines) is 1. The van der Waals surface area contributed by atoms with Crippen LogP contribution in [0.4, 0.5) is 10.1 Å².